The van der Waals surface area contributed by atoms with Gasteiger partial charge in [0.2, 0.25) is 0 Å². The molecule has 0 aromatic heterocycles. The molecule has 0 fully saturated rings. The van der Waals surface area contributed by atoms with Gasteiger partial charge in [-0.1, -0.05) is 0 Å². The van der Waals surface area contributed by atoms with Crippen molar-refractivity contribution in [3.05, 3.63) is 29.8 Å². The summed E-state index contributed by atoms with van der Waals surface area (Å²) >= 11 is 0. The van der Waals surface area contributed by atoms with E-state index in [1.54, 1.807) is 24.3 Å². The van der Waals surface area contributed by atoms with Crippen LogP contribution in [0, 0.1) is 0 Å². The zero-order valence-corrected chi connectivity index (χ0v) is 10.0. The van der Waals surface area contributed by atoms with Gasteiger partial charge in [-0.2, -0.15) is 0 Å². The van der Waals surface area contributed by atoms with Crippen LogP contribution in [-0.4, -0.2) is 43.9 Å². The minimum atomic E-state index is -0.508. The van der Waals surface area contributed by atoms with Crippen LogP contribution in [0.4, 0.5) is 0 Å². The van der Waals surface area contributed by atoms with Crippen molar-refractivity contribution in [2.75, 3.05) is 26.9 Å². The molecule has 0 atom stereocenters. The Morgan fingerprint density at radius 3 is 2.50 bits per heavy atom. The van der Waals surface area contributed by atoms with Crippen LogP contribution in [0.3, 0.4) is 0 Å². The maximum absolute atomic E-state index is 11.6. The average Bonchev–Trinajstić information content (AvgIpc) is 2.42. The van der Waals surface area contributed by atoms with Crippen molar-refractivity contribution in [3.8, 4) is 5.75 Å². The molecular weight excluding hydrogens is 238 g/mol. The van der Waals surface area contributed by atoms with Crippen LogP contribution < -0.4 is 10.1 Å². The third-order valence-corrected chi connectivity index (χ3v) is 2.10. The Balaban J connectivity index is 2.51. The predicted molar refractivity (Wildman–Crippen MR) is 63.4 cm³/mol. The molecule has 1 amide bonds. The van der Waals surface area contributed by atoms with Crippen molar-refractivity contribution in [3.63, 3.8) is 0 Å². The van der Waals surface area contributed by atoms with Gasteiger partial charge in [-0.3, -0.25) is 9.59 Å². The van der Waals surface area contributed by atoms with Gasteiger partial charge >= 0.3 is 5.97 Å². The Bertz CT molecular complexity index is 401. The smallest absolute Gasteiger partial charge is 0.325 e. The van der Waals surface area contributed by atoms with E-state index in [9.17, 15) is 9.59 Å². The fourth-order valence-corrected chi connectivity index (χ4v) is 1.19. The molecule has 0 spiro atoms. The van der Waals surface area contributed by atoms with Gasteiger partial charge in [0.15, 0.2) is 0 Å². The summed E-state index contributed by atoms with van der Waals surface area (Å²) in [5.41, 5.74) is 0.412. The lowest BCUT2D eigenvalue weighted by Crippen LogP contribution is -2.30. The van der Waals surface area contributed by atoms with E-state index in [0.717, 1.165) is 0 Å². The second kappa shape index (κ2) is 7.29. The fraction of sp³-hybridized carbons (Fsp3) is 0.333. The highest BCUT2D eigenvalue weighted by Gasteiger charge is 2.07. The van der Waals surface area contributed by atoms with E-state index in [1.807, 2.05) is 0 Å². The van der Waals surface area contributed by atoms with Crippen LogP contribution in [0.1, 0.15) is 10.4 Å². The first kappa shape index (κ1) is 14.0. The minimum absolute atomic E-state index is 0.0681. The highest BCUT2D eigenvalue weighted by Crippen LogP contribution is 2.11. The van der Waals surface area contributed by atoms with E-state index in [-0.39, 0.29) is 25.7 Å². The van der Waals surface area contributed by atoms with Gasteiger partial charge in [0.25, 0.3) is 5.91 Å². The number of rotatable bonds is 6. The van der Waals surface area contributed by atoms with Crippen molar-refractivity contribution in [2.45, 2.75) is 0 Å². The number of hydrogen-bond donors (Lipinski definition) is 2. The average molecular weight is 253 g/mol. The van der Waals surface area contributed by atoms with E-state index < -0.39 is 5.97 Å². The van der Waals surface area contributed by atoms with Gasteiger partial charge in [-0.15, -0.1) is 0 Å². The minimum Gasteiger partial charge on any atom is -0.491 e. The number of carbonyl (C=O) groups excluding carboxylic acids is 2. The van der Waals surface area contributed by atoms with Gasteiger partial charge in [-0.25, -0.2) is 0 Å². The molecule has 98 valence electrons. The number of amides is 1. The molecule has 0 radical (unpaired) electrons. The third-order valence-electron chi connectivity index (χ3n) is 2.10. The number of aliphatic hydroxyl groups is 1. The number of aliphatic hydroxyl groups excluding tert-OH is 1. The van der Waals surface area contributed by atoms with Crippen molar-refractivity contribution in [1.82, 2.24) is 5.32 Å². The van der Waals surface area contributed by atoms with Crippen molar-refractivity contribution in [2.24, 2.45) is 0 Å². The number of hydrogen-bond acceptors (Lipinski definition) is 5. The zero-order valence-electron chi connectivity index (χ0n) is 10.0. The third kappa shape index (κ3) is 4.42. The second-order valence-corrected chi connectivity index (χ2v) is 3.36. The van der Waals surface area contributed by atoms with Gasteiger partial charge in [0, 0.05) is 5.56 Å². The number of benzene rings is 1. The molecule has 0 heterocycles. The van der Waals surface area contributed by atoms with Gasteiger partial charge in [-0.05, 0) is 24.3 Å². The maximum Gasteiger partial charge on any atom is 0.325 e. The number of nitrogens with one attached hydrogen (secondary N) is 1. The van der Waals surface area contributed by atoms with E-state index in [0.29, 0.717) is 11.3 Å². The molecule has 1 aromatic rings. The summed E-state index contributed by atoms with van der Waals surface area (Å²) in [4.78, 5) is 22.4. The topological polar surface area (TPSA) is 84.9 Å². The van der Waals surface area contributed by atoms with Gasteiger partial charge in [0.05, 0.1) is 13.7 Å². The summed E-state index contributed by atoms with van der Waals surface area (Å²) in [5, 5.41) is 11.0. The molecule has 0 bridgehead atoms. The molecule has 0 unspecified atom stereocenters. The molecule has 0 aliphatic carbocycles. The number of methoxy groups -OCH3 is 1. The highest BCUT2D eigenvalue weighted by atomic mass is 16.5. The van der Waals surface area contributed by atoms with Crippen LogP contribution in [-0.2, 0) is 9.53 Å². The molecule has 18 heavy (non-hydrogen) atoms. The Hall–Kier alpha value is -2.08. The number of esters is 1. The highest BCUT2D eigenvalue weighted by molar-refractivity contribution is 5.95. The van der Waals surface area contributed by atoms with Gasteiger partial charge < -0.3 is 19.9 Å². The molecule has 1 rings (SSSR count). The predicted octanol–water partition coefficient (Wildman–Crippen LogP) is -0.0395. The lowest BCUT2D eigenvalue weighted by atomic mass is 10.2. The molecule has 1 aromatic carbocycles. The van der Waals surface area contributed by atoms with E-state index in [2.05, 4.69) is 10.1 Å². The van der Waals surface area contributed by atoms with Crippen LogP contribution in [0.15, 0.2) is 24.3 Å². The molecule has 0 aliphatic rings. The van der Waals surface area contributed by atoms with E-state index in [1.165, 1.54) is 7.11 Å². The largest absolute Gasteiger partial charge is 0.491 e. The molecular formula is C12H15NO5. The molecule has 6 nitrogen and oxygen atoms in total. The first-order valence-corrected chi connectivity index (χ1v) is 5.36. The summed E-state index contributed by atoms with van der Waals surface area (Å²) in [6, 6.07) is 6.37. The summed E-state index contributed by atoms with van der Waals surface area (Å²) in [6.07, 6.45) is 0. The van der Waals surface area contributed by atoms with Crippen molar-refractivity contribution >= 4 is 11.9 Å². The van der Waals surface area contributed by atoms with E-state index >= 15 is 0 Å². The monoisotopic (exact) mass is 253 g/mol. The Labute approximate surface area is 105 Å². The van der Waals surface area contributed by atoms with Crippen LogP contribution in [0.5, 0.6) is 5.75 Å². The number of carbonyl (C=O) groups is 2. The summed E-state index contributed by atoms with van der Waals surface area (Å²) in [6.45, 7) is -0.0344. The normalized spacial score (nSPS) is 9.67. The van der Waals surface area contributed by atoms with Crippen LogP contribution in [0.2, 0.25) is 0 Å². The Morgan fingerprint density at radius 1 is 1.28 bits per heavy atom. The molecule has 0 saturated carbocycles. The first-order chi connectivity index (χ1) is 8.67. The molecule has 0 aliphatic heterocycles. The standard InChI is InChI=1S/C12H15NO5/c1-17-11(15)8-13-12(16)9-2-4-10(5-3-9)18-7-6-14/h2-5,14H,6-8H2,1H3,(H,13,16). The van der Waals surface area contributed by atoms with Crippen LogP contribution in [0.25, 0.3) is 0 Å². The number of ether oxygens (including phenoxy) is 2. The quantitative estimate of drug-likeness (QED) is 0.695. The Morgan fingerprint density at radius 2 is 1.94 bits per heavy atom. The molecule has 2 N–H and O–H groups in total. The summed E-state index contributed by atoms with van der Waals surface area (Å²) < 4.78 is 9.55. The first-order valence-electron chi connectivity index (χ1n) is 5.36. The van der Waals surface area contributed by atoms with Crippen molar-refractivity contribution < 1.29 is 24.2 Å². The molecule has 0 saturated heterocycles. The second-order valence-electron chi connectivity index (χ2n) is 3.36. The fourth-order valence-electron chi connectivity index (χ4n) is 1.19. The summed E-state index contributed by atoms with van der Waals surface area (Å²) in [5.74, 6) is -0.311. The lowest BCUT2D eigenvalue weighted by Gasteiger charge is -2.06. The summed E-state index contributed by atoms with van der Waals surface area (Å²) in [7, 11) is 1.25. The van der Waals surface area contributed by atoms with Crippen molar-refractivity contribution in [1.29, 1.82) is 0 Å². The van der Waals surface area contributed by atoms with Crippen LogP contribution >= 0.6 is 0 Å². The molecule has 6 heteroatoms. The van der Waals surface area contributed by atoms with Gasteiger partial charge in [0.1, 0.15) is 18.9 Å². The lowest BCUT2D eigenvalue weighted by molar-refractivity contribution is -0.139. The Kier molecular flexibility index (Phi) is 5.66. The SMILES string of the molecule is COC(=O)CNC(=O)c1ccc(OCCO)cc1. The maximum atomic E-state index is 11.6. The van der Waals surface area contributed by atoms with E-state index in [4.69, 9.17) is 9.84 Å². The zero-order chi connectivity index (χ0) is 13.4.